The fraction of sp³-hybridized carbons (Fsp3) is 0.500. The highest BCUT2D eigenvalue weighted by Gasteiger charge is 2.28. The summed E-state index contributed by atoms with van der Waals surface area (Å²) in [5.41, 5.74) is 0.771. The standard InChI is InChI=1S/C14H20ClNO3S/c1-6-14(3,4)16(5)13(17)12-9-11(20(15,18)19)8-7-10(12)2/h7-9H,6H2,1-5H3. The third kappa shape index (κ3) is 3.52. The van der Waals surface area contributed by atoms with Crippen molar-refractivity contribution in [3.63, 3.8) is 0 Å². The predicted octanol–water partition coefficient (Wildman–Crippen LogP) is 3.18. The summed E-state index contributed by atoms with van der Waals surface area (Å²) in [4.78, 5) is 14.1. The number of hydrogen-bond acceptors (Lipinski definition) is 3. The molecule has 0 fully saturated rings. The second-order valence-corrected chi connectivity index (χ2v) is 8.01. The van der Waals surface area contributed by atoms with E-state index in [4.69, 9.17) is 10.7 Å². The molecule has 1 aromatic carbocycles. The number of carbonyl (C=O) groups excluding carboxylic acids is 1. The van der Waals surface area contributed by atoms with Crippen LogP contribution in [0.1, 0.15) is 43.1 Å². The van der Waals surface area contributed by atoms with Crippen LogP contribution in [0.15, 0.2) is 23.1 Å². The summed E-state index contributed by atoms with van der Waals surface area (Å²) in [6.07, 6.45) is 0.793. The molecule has 1 amide bonds. The molecule has 112 valence electrons. The van der Waals surface area contributed by atoms with Gasteiger partial charge in [0.1, 0.15) is 0 Å². The number of nitrogens with zero attached hydrogens (tertiary/aromatic N) is 1. The fourth-order valence-corrected chi connectivity index (χ4v) is 2.45. The van der Waals surface area contributed by atoms with Gasteiger partial charge in [-0.25, -0.2) is 8.42 Å². The molecular formula is C14H20ClNO3S. The Labute approximate surface area is 125 Å². The third-order valence-corrected chi connectivity index (χ3v) is 5.15. The molecule has 0 unspecified atom stereocenters. The molecule has 1 aromatic rings. The summed E-state index contributed by atoms with van der Waals surface area (Å²) < 4.78 is 22.8. The molecule has 6 heteroatoms. The molecule has 0 spiro atoms. The van der Waals surface area contributed by atoms with Gasteiger partial charge < -0.3 is 4.90 Å². The first-order valence-corrected chi connectivity index (χ1v) is 8.65. The van der Waals surface area contributed by atoms with Crippen LogP contribution in [0.25, 0.3) is 0 Å². The van der Waals surface area contributed by atoms with Gasteiger partial charge in [0, 0.05) is 28.8 Å². The fourth-order valence-electron chi connectivity index (χ4n) is 1.68. The molecule has 0 aliphatic carbocycles. The van der Waals surface area contributed by atoms with E-state index in [9.17, 15) is 13.2 Å². The summed E-state index contributed by atoms with van der Waals surface area (Å²) in [6.45, 7) is 7.69. The van der Waals surface area contributed by atoms with Gasteiger partial charge in [0.05, 0.1) is 4.90 Å². The van der Waals surface area contributed by atoms with Gasteiger partial charge in [0.2, 0.25) is 0 Å². The van der Waals surface area contributed by atoms with Crippen molar-refractivity contribution in [2.75, 3.05) is 7.05 Å². The molecule has 0 heterocycles. The topological polar surface area (TPSA) is 54.5 Å². The van der Waals surface area contributed by atoms with Crippen molar-refractivity contribution in [1.29, 1.82) is 0 Å². The smallest absolute Gasteiger partial charge is 0.261 e. The van der Waals surface area contributed by atoms with Gasteiger partial charge >= 0.3 is 0 Å². The molecule has 0 bridgehead atoms. The van der Waals surface area contributed by atoms with Gasteiger partial charge in [-0.1, -0.05) is 13.0 Å². The van der Waals surface area contributed by atoms with Crippen molar-refractivity contribution in [3.8, 4) is 0 Å². The van der Waals surface area contributed by atoms with Crippen molar-refractivity contribution in [1.82, 2.24) is 4.90 Å². The number of aryl methyl sites for hydroxylation is 1. The Morgan fingerprint density at radius 1 is 1.35 bits per heavy atom. The number of carbonyl (C=O) groups is 1. The second kappa shape index (κ2) is 5.74. The molecule has 0 aromatic heterocycles. The zero-order valence-corrected chi connectivity index (χ0v) is 14.0. The largest absolute Gasteiger partial charge is 0.337 e. The molecule has 0 atom stereocenters. The molecule has 0 radical (unpaired) electrons. The van der Waals surface area contributed by atoms with Crippen LogP contribution in [-0.2, 0) is 9.05 Å². The van der Waals surface area contributed by atoms with Crippen LogP contribution in [0, 0.1) is 6.92 Å². The average molecular weight is 318 g/mol. The van der Waals surface area contributed by atoms with E-state index in [-0.39, 0.29) is 16.3 Å². The summed E-state index contributed by atoms with van der Waals surface area (Å²) in [5.74, 6) is -0.212. The normalized spacial score (nSPS) is 12.3. The van der Waals surface area contributed by atoms with Crippen molar-refractivity contribution in [2.24, 2.45) is 0 Å². The van der Waals surface area contributed by atoms with Crippen LogP contribution in [-0.4, -0.2) is 31.8 Å². The maximum Gasteiger partial charge on any atom is 0.261 e. The number of rotatable bonds is 4. The highest BCUT2D eigenvalue weighted by atomic mass is 35.7. The van der Waals surface area contributed by atoms with E-state index < -0.39 is 9.05 Å². The van der Waals surface area contributed by atoms with E-state index >= 15 is 0 Å². The number of benzene rings is 1. The highest BCUT2D eigenvalue weighted by Crippen LogP contribution is 2.24. The SMILES string of the molecule is CCC(C)(C)N(C)C(=O)c1cc(S(=O)(=O)Cl)ccc1C. The molecule has 0 aliphatic heterocycles. The first kappa shape index (κ1) is 17.0. The lowest BCUT2D eigenvalue weighted by molar-refractivity contribution is 0.0619. The van der Waals surface area contributed by atoms with Gasteiger partial charge in [-0.3, -0.25) is 4.79 Å². The van der Waals surface area contributed by atoms with E-state index in [0.717, 1.165) is 12.0 Å². The molecule has 4 nitrogen and oxygen atoms in total. The van der Waals surface area contributed by atoms with E-state index in [2.05, 4.69) is 0 Å². The Morgan fingerprint density at radius 2 is 1.90 bits per heavy atom. The number of halogens is 1. The quantitative estimate of drug-likeness (QED) is 0.801. The van der Waals surface area contributed by atoms with Crippen molar-refractivity contribution < 1.29 is 13.2 Å². The van der Waals surface area contributed by atoms with Gasteiger partial charge in [0.25, 0.3) is 15.0 Å². The third-order valence-electron chi connectivity index (χ3n) is 3.80. The van der Waals surface area contributed by atoms with Crippen LogP contribution in [0.5, 0.6) is 0 Å². The molecule has 0 saturated heterocycles. The first-order chi connectivity index (χ1) is 9.00. The predicted molar refractivity (Wildman–Crippen MR) is 80.7 cm³/mol. The lowest BCUT2D eigenvalue weighted by Gasteiger charge is -2.35. The van der Waals surface area contributed by atoms with Crippen molar-refractivity contribution in [2.45, 2.75) is 44.6 Å². The second-order valence-electron chi connectivity index (χ2n) is 5.44. The van der Waals surface area contributed by atoms with Crippen LogP contribution >= 0.6 is 10.7 Å². The van der Waals surface area contributed by atoms with E-state index in [0.29, 0.717) is 5.56 Å². The summed E-state index contributed by atoms with van der Waals surface area (Å²) >= 11 is 0. The number of hydrogen-bond donors (Lipinski definition) is 0. The van der Waals surface area contributed by atoms with Crippen LogP contribution in [0.2, 0.25) is 0 Å². The lowest BCUT2D eigenvalue weighted by atomic mass is 9.98. The Balaban J connectivity index is 3.30. The maximum absolute atomic E-state index is 12.5. The van der Waals surface area contributed by atoms with Gasteiger partial charge in [0.15, 0.2) is 0 Å². The Morgan fingerprint density at radius 3 is 2.35 bits per heavy atom. The van der Waals surface area contributed by atoms with Crippen molar-refractivity contribution >= 4 is 25.6 Å². The van der Waals surface area contributed by atoms with Crippen LogP contribution in [0.4, 0.5) is 0 Å². The minimum absolute atomic E-state index is 0.0594. The summed E-state index contributed by atoms with van der Waals surface area (Å²) in [7, 11) is 3.21. The average Bonchev–Trinajstić information content (AvgIpc) is 2.36. The molecule has 1 rings (SSSR count). The minimum atomic E-state index is -3.84. The molecule has 0 aliphatic rings. The Hall–Kier alpha value is -1.07. The van der Waals surface area contributed by atoms with Gasteiger partial charge in [-0.15, -0.1) is 0 Å². The van der Waals surface area contributed by atoms with E-state index in [1.54, 1.807) is 24.9 Å². The molecule has 0 saturated carbocycles. The van der Waals surface area contributed by atoms with Gasteiger partial charge in [-0.05, 0) is 44.9 Å². The van der Waals surface area contributed by atoms with Crippen LogP contribution < -0.4 is 0 Å². The molecule has 20 heavy (non-hydrogen) atoms. The van der Waals surface area contributed by atoms with Crippen molar-refractivity contribution in [3.05, 3.63) is 29.3 Å². The first-order valence-electron chi connectivity index (χ1n) is 6.34. The van der Waals surface area contributed by atoms with E-state index in [1.165, 1.54) is 12.1 Å². The maximum atomic E-state index is 12.5. The summed E-state index contributed by atoms with van der Waals surface area (Å²) in [6, 6.07) is 4.33. The Kier molecular flexibility index (Phi) is 4.87. The van der Waals surface area contributed by atoms with E-state index in [1.807, 2.05) is 20.8 Å². The Bertz CT molecular complexity index is 623. The monoisotopic (exact) mass is 317 g/mol. The zero-order chi connectivity index (χ0) is 15.7. The number of amides is 1. The summed E-state index contributed by atoms with van der Waals surface area (Å²) in [5, 5.41) is 0. The highest BCUT2D eigenvalue weighted by molar-refractivity contribution is 8.13. The minimum Gasteiger partial charge on any atom is -0.337 e. The van der Waals surface area contributed by atoms with Gasteiger partial charge in [-0.2, -0.15) is 0 Å². The lowest BCUT2D eigenvalue weighted by Crippen LogP contribution is -2.44. The zero-order valence-electron chi connectivity index (χ0n) is 12.4. The van der Waals surface area contributed by atoms with Crippen LogP contribution in [0.3, 0.4) is 0 Å². The molecule has 0 N–H and O–H groups in total. The molecular weight excluding hydrogens is 298 g/mol.